The molecule has 1 aliphatic carbocycles. The van der Waals surface area contributed by atoms with Gasteiger partial charge < -0.3 is 10.6 Å². The number of amides is 1. The first-order valence-electron chi connectivity index (χ1n) is 5.97. The number of pyridine rings is 1. The van der Waals surface area contributed by atoms with Crippen LogP contribution in [0.15, 0.2) is 18.3 Å². The third kappa shape index (κ3) is 3.59. The molecular weight excluding hydrogens is 259 g/mol. The van der Waals surface area contributed by atoms with Crippen LogP contribution in [0.3, 0.4) is 0 Å². The zero-order valence-corrected chi connectivity index (χ0v) is 10.3. The molecule has 19 heavy (non-hydrogen) atoms. The van der Waals surface area contributed by atoms with Crippen LogP contribution in [0.5, 0.6) is 0 Å². The van der Waals surface area contributed by atoms with Crippen molar-refractivity contribution < 1.29 is 18.0 Å². The van der Waals surface area contributed by atoms with E-state index >= 15 is 0 Å². The lowest BCUT2D eigenvalue weighted by Crippen LogP contribution is -2.39. The summed E-state index contributed by atoms with van der Waals surface area (Å²) in [4.78, 5) is 15.3. The number of hydrogen-bond donors (Lipinski definition) is 2. The largest absolute Gasteiger partial charge is 0.419 e. The Bertz CT molecular complexity index is 472. The molecule has 1 unspecified atom stereocenters. The van der Waals surface area contributed by atoms with Gasteiger partial charge in [0, 0.05) is 12.2 Å². The zero-order valence-electron chi connectivity index (χ0n) is 10.3. The van der Waals surface area contributed by atoms with Gasteiger partial charge in [-0.25, -0.2) is 4.98 Å². The standard InChI is InChI=1S/C12H14F3N3O/c1-7(11(19)18-8-4-5-8)17-10-9(12(13,14)15)3-2-6-16-10/h2-3,6-8H,4-5H2,1H3,(H,16,17)(H,18,19). The Morgan fingerprint density at radius 2 is 2.16 bits per heavy atom. The highest BCUT2D eigenvalue weighted by molar-refractivity contribution is 5.84. The summed E-state index contributed by atoms with van der Waals surface area (Å²) in [5.74, 6) is -0.644. The predicted octanol–water partition coefficient (Wildman–Crippen LogP) is 2.18. The van der Waals surface area contributed by atoms with Crippen LogP contribution in [0, 0.1) is 0 Å². The first-order chi connectivity index (χ1) is 8.88. The number of alkyl halides is 3. The Hall–Kier alpha value is -1.79. The molecule has 1 saturated carbocycles. The van der Waals surface area contributed by atoms with Gasteiger partial charge >= 0.3 is 6.18 Å². The maximum atomic E-state index is 12.7. The molecule has 4 nitrogen and oxygen atoms in total. The summed E-state index contributed by atoms with van der Waals surface area (Å²) in [6.45, 7) is 1.51. The second-order valence-electron chi connectivity index (χ2n) is 4.55. The highest BCUT2D eigenvalue weighted by atomic mass is 19.4. The summed E-state index contributed by atoms with van der Waals surface area (Å²) in [6, 6.07) is 1.54. The fourth-order valence-electron chi connectivity index (χ4n) is 1.57. The van der Waals surface area contributed by atoms with Crippen molar-refractivity contribution in [1.82, 2.24) is 10.3 Å². The van der Waals surface area contributed by atoms with Crippen LogP contribution >= 0.6 is 0 Å². The van der Waals surface area contributed by atoms with Crippen molar-refractivity contribution in [2.24, 2.45) is 0 Å². The molecule has 1 aromatic rings. The third-order valence-electron chi connectivity index (χ3n) is 2.78. The minimum absolute atomic E-state index is 0.169. The van der Waals surface area contributed by atoms with Gasteiger partial charge in [-0.3, -0.25) is 4.79 Å². The third-order valence-corrected chi connectivity index (χ3v) is 2.78. The van der Waals surface area contributed by atoms with Crippen molar-refractivity contribution in [3.05, 3.63) is 23.9 Å². The summed E-state index contributed by atoms with van der Waals surface area (Å²) in [6.07, 6.45) is -1.39. The normalized spacial score (nSPS) is 16.8. The number of aromatic nitrogens is 1. The van der Waals surface area contributed by atoms with Gasteiger partial charge in [0.05, 0.1) is 5.56 Å². The number of nitrogens with zero attached hydrogens (tertiary/aromatic N) is 1. The van der Waals surface area contributed by atoms with Crippen molar-refractivity contribution >= 4 is 11.7 Å². The second-order valence-corrected chi connectivity index (χ2v) is 4.55. The zero-order chi connectivity index (χ0) is 14.0. The fraction of sp³-hybridized carbons (Fsp3) is 0.500. The van der Waals surface area contributed by atoms with Gasteiger partial charge in [-0.2, -0.15) is 13.2 Å². The summed E-state index contributed by atoms with van der Waals surface area (Å²) in [5.41, 5.74) is -0.874. The molecule has 1 aromatic heterocycles. The topological polar surface area (TPSA) is 54.0 Å². The molecule has 1 atom stereocenters. The van der Waals surface area contributed by atoms with Crippen LogP contribution in [0.1, 0.15) is 25.3 Å². The van der Waals surface area contributed by atoms with Crippen LogP contribution < -0.4 is 10.6 Å². The summed E-state index contributed by atoms with van der Waals surface area (Å²) < 4.78 is 38.2. The van der Waals surface area contributed by atoms with Crippen LogP contribution in [0.4, 0.5) is 19.0 Å². The minimum atomic E-state index is -4.50. The number of hydrogen-bond acceptors (Lipinski definition) is 3. The SMILES string of the molecule is CC(Nc1ncccc1C(F)(F)F)C(=O)NC1CC1. The number of carbonyl (C=O) groups excluding carboxylic acids is 1. The Labute approximate surface area is 108 Å². The van der Waals surface area contributed by atoms with Crippen molar-refractivity contribution in [1.29, 1.82) is 0 Å². The fourth-order valence-corrected chi connectivity index (χ4v) is 1.57. The molecule has 1 amide bonds. The lowest BCUT2D eigenvalue weighted by atomic mass is 10.2. The monoisotopic (exact) mass is 273 g/mol. The van der Waals surface area contributed by atoms with Crippen LogP contribution in [0.25, 0.3) is 0 Å². The molecule has 2 rings (SSSR count). The molecule has 0 aromatic carbocycles. The van der Waals surface area contributed by atoms with E-state index in [9.17, 15) is 18.0 Å². The molecule has 0 spiro atoms. The first-order valence-corrected chi connectivity index (χ1v) is 5.97. The summed E-state index contributed by atoms with van der Waals surface area (Å²) in [7, 11) is 0. The van der Waals surface area contributed by atoms with Gasteiger partial charge in [-0.05, 0) is 31.9 Å². The van der Waals surface area contributed by atoms with Gasteiger partial charge in [-0.15, -0.1) is 0 Å². The first kappa shape index (κ1) is 13.6. The van der Waals surface area contributed by atoms with E-state index < -0.39 is 17.8 Å². The van der Waals surface area contributed by atoms with Crippen molar-refractivity contribution in [3.8, 4) is 0 Å². The maximum Gasteiger partial charge on any atom is 0.419 e. The van der Waals surface area contributed by atoms with Gasteiger partial charge in [0.25, 0.3) is 0 Å². The Kier molecular flexibility index (Phi) is 3.64. The average Bonchev–Trinajstić information content (AvgIpc) is 3.12. The van der Waals surface area contributed by atoms with Gasteiger partial charge in [0.2, 0.25) is 5.91 Å². The lowest BCUT2D eigenvalue weighted by Gasteiger charge is -2.17. The number of rotatable bonds is 4. The van der Waals surface area contributed by atoms with Crippen LogP contribution in [0.2, 0.25) is 0 Å². The van der Waals surface area contributed by atoms with E-state index in [1.807, 2.05) is 0 Å². The number of nitrogens with one attached hydrogen (secondary N) is 2. The average molecular weight is 273 g/mol. The molecule has 0 saturated heterocycles. The molecular formula is C12H14F3N3O. The van der Waals surface area contributed by atoms with E-state index in [2.05, 4.69) is 15.6 Å². The number of anilines is 1. The quantitative estimate of drug-likeness (QED) is 0.884. The van der Waals surface area contributed by atoms with Gasteiger partial charge in [0.15, 0.2) is 0 Å². The molecule has 0 aliphatic heterocycles. The summed E-state index contributed by atoms with van der Waals surface area (Å²) >= 11 is 0. The van der Waals surface area contributed by atoms with E-state index in [1.165, 1.54) is 19.2 Å². The molecule has 1 heterocycles. The molecule has 0 radical (unpaired) electrons. The highest BCUT2D eigenvalue weighted by Gasteiger charge is 2.35. The lowest BCUT2D eigenvalue weighted by molar-refractivity contribution is -0.137. The number of carbonyl (C=O) groups is 1. The molecule has 1 fully saturated rings. The van der Waals surface area contributed by atoms with Crippen LogP contribution in [-0.4, -0.2) is 23.0 Å². The Balaban J connectivity index is 2.07. The van der Waals surface area contributed by atoms with Crippen LogP contribution in [-0.2, 0) is 11.0 Å². The van der Waals surface area contributed by atoms with E-state index in [0.29, 0.717) is 0 Å². The molecule has 2 N–H and O–H groups in total. The smallest absolute Gasteiger partial charge is 0.358 e. The minimum Gasteiger partial charge on any atom is -0.358 e. The summed E-state index contributed by atoms with van der Waals surface area (Å²) in [5, 5.41) is 5.23. The predicted molar refractivity (Wildman–Crippen MR) is 63.5 cm³/mol. The van der Waals surface area contributed by atoms with E-state index in [-0.39, 0.29) is 17.8 Å². The van der Waals surface area contributed by atoms with E-state index in [0.717, 1.165) is 18.9 Å². The molecule has 7 heteroatoms. The van der Waals surface area contributed by atoms with E-state index in [1.54, 1.807) is 0 Å². The number of halogens is 3. The van der Waals surface area contributed by atoms with E-state index in [4.69, 9.17) is 0 Å². The molecule has 104 valence electrons. The van der Waals surface area contributed by atoms with Crippen molar-refractivity contribution in [2.75, 3.05) is 5.32 Å². The second kappa shape index (κ2) is 5.07. The van der Waals surface area contributed by atoms with Crippen molar-refractivity contribution in [3.63, 3.8) is 0 Å². The van der Waals surface area contributed by atoms with Gasteiger partial charge in [-0.1, -0.05) is 0 Å². The Morgan fingerprint density at radius 1 is 1.47 bits per heavy atom. The van der Waals surface area contributed by atoms with Crippen molar-refractivity contribution in [2.45, 2.75) is 38.0 Å². The Morgan fingerprint density at radius 3 is 2.74 bits per heavy atom. The maximum absolute atomic E-state index is 12.7. The molecule has 1 aliphatic rings. The molecule has 0 bridgehead atoms. The van der Waals surface area contributed by atoms with Gasteiger partial charge in [0.1, 0.15) is 11.9 Å². The highest BCUT2D eigenvalue weighted by Crippen LogP contribution is 2.33.